The zero-order chi connectivity index (χ0) is 14.6. The number of benzene rings is 1. The summed E-state index contributed by atoms with van der Waals surface area (Å²) >= 11 is 6.65. The molecule has 2 rings (SSSR count). The molecule has 1 aromatic carbocycles. The van der Waals surface area contributed by atoms with Crippen LogP contribution in [0, 0.1) is 0 Å². The third-order valence-electron chi connectivity index (χ3n) is 2.80. The lowest BCUT2D eigenvalue weighted by Crippen LogP contribution is -2.28. The minimum absolute atomic E-state index is 0.138. The molecule has 0 saturated carbocycles. The Labute approximate surface area is 127 Å². The molecule has 0 spiro atoms. The predicted molar refractivity (Wildman–Crippen MR) is 81.5 cm³/mol. The third kappa shape index (κ3) is 3.79. The summed E-state index contributed by atoms with van der Waals surface area (Å²) in [5.74, 6) is 0. The van der Waals surface area contributed by atoms with Gasteiger partial charge < -0.3 is 0 Å². The highest BCUT2D eigenvalue weighted by Crippen LogP contribution is 2.26. The molecule has 0 aliphatic rings. The minimum Gasteiger partial charge on any atom is -0.232 e. The van der Waals surface area contributed by atoms with Crippen molar-refractivity contribution in [1.29, 1.82) is 0 Å². The van der Waals surface area contributed by atoms with Crippen molar-refractivity contribution in [3.8, 4) is 0 Å². The second-order valence-corrected chi connectivity index (χ2v) is 7.86. The van der Waals surface area contributed by atoms with Crippen LogP contribution >= 0.6 is 22.9 Å². The highest BCUT2D eigenvalue weighted by Gasteiger charge is 2.22. The van der Waals surface area contributed by atoms with Gasteiger partial charge in [0, 0.05) is 6.04 Å². The molecule has 1 heterocycles. The average Bonchev–Trinajstić information content (AvgIpc) is 2.87. The predicted octanol–water partition coefficient (Wildman–Crippen LogP) is 3.62. The lowest BCUT2D eigenvalue weighted by molar-refractivity contribution is 0.537. The topological polar surface area (TPSA) is 59.1 Å². The summed E-state index contributed by atoms with van der Waals surface area (Å²) in [6, 6.07) is 9.30. The van der Waals surface area contributed by atoms with Crippen LogP contribution in [-0.4, -0.2) is 13.4 Å². The second-order valence-electron chi connectivity index (χ2n) is 4.31. The van der Waals surface area contributed by atoms with Crippen molar-refractivity contribution in [3.05, 3.63) is 46.6 Å². The van der Waals surface area contributed by atoms with Crippen molar-refractivity contribution >= 4 is 33.0 Å². The average molecular weight is 331 g/mol. The van der Waals surface area contributed by atoms with Crippen LogP contribution < -0.4 is 4.72 Å². The number of nitrogens with one attached hydrogen (secondary N) is 1. The fraction of sp³-hybridized carbons (Fsp3) is 0.308. The monoisotopic (exact) mass is 330 g/mol. The molecular weight excluding hydrogens is 316 g/mol. The van der Waals surface area contributed by atoms with Crippen LogP contribution in [0.3, 0.4) is 0 Å². The lowest BCUT2D eigenvalue weighted by atomic mass is 10.0. The van der Waals surface area contributed by atoms with Gasteiger partial charge in [-0.05, 0) is 12.0 Å². The van der Waals surface area contributed by atoms with E-state index in [-0.39, 0.29) is 14.7 Å². The van der Waals surface area contributed by atoms with Crippen LogP contribution in [0.5, 0.6) is 0 Å². The summed E-state index contributed by atoms with van der Waals surface area (Å²) in [7, 11) is -3.59. The quantitative estimate of drug-likeness (QED) is 0.880. The fourth-order valence-electron chi connectivity index (χ4n) is 1.88. The molecule has 0 fully saturated rings. The molecule has 4 nitrogen and oxygen atoms in total. The van der Waals surface area contributed by atoms with E-state index in [2.05, 4.69) is 9.71 Å². The molecule has 0 amide bonds. The van der Waals surface area contributed by atoms with Crippen molar-refractivity contribution in [1.82, 2.24) is 9.71 Å². The number of nitrogens with zero attached hydrogens (tertiary/aromatic N) is 1. The highest BCUT2D eigenvalue weighted by atomic mass is 35.5. The van der Waals surface area contributed by atoms with Gasteiger partial charge in [-0.1, -0.05) is 66.6 Å². The Kier molecular flexibility index (Phi) is 5.15. The van der Waals surface area contributed by atoms with Gasteiger partial charge in [0.1, 0.15) is 0 Å². The van der Waals surface area contributed by atoms with Crippen LogP contribution in [0.4, 0.5) is 0 Å². The molecule has 0 aliphatic carbocycles. The number of rotatable bonds is 6. The molecule has 1 aromatic heterocycles. The molecule has 108 valence electrons. The maximum Gasteiger partial charge on any atom is 0.252 e. The molecule has 2 aromatic rings. The van der Waals surface area contributed by atoms with Gasteiger partial charge in [0.2, 0.25) is 0 Å². The van der Waals surface area contributed by atoms with Gasteiger partial charge in [0.05, 0.1) is 6.20 Å². The van der Waals surface area contributed by atoms with E-state index < -0.39 is 10.0 Å². The summed E-state index contributed by atoms with van der Waals surface area (Å²) in [6.07, 6.45) is 2.89. The Morgan fingerprint density at radius 3 is 2.60 bits per heavy atom. The number of thiazole rings is 1. The van der Waals surface area contributed by atoms with Gasteiger partial charge in [-0.25, -0.2) is 18.1 Å². The van der Waals surface area contributed by atoms with Crippen molar-refractivity contribution in [2.45, 2.75) is 30.0 Å². The van der Waals surface area contributed by atoms with E-state index in [1.165, 1.54) is 6.20 Å². The van der Waals surface area contributed by atoms with Gasteiger partial charge in [0.15, 0.2) is 8.68 Å². The van der Waals surface area contributed by atoms with Crippen LogP contribution in [0.1, 0.15) is 31.4 Å². The molecular formula is C13H15ClN2O2S2. The van der Waals surface area contributed by atoms with Crippen molar-refractivity contribution in [2.75, 3.05) is 0 Å². The smallest absolute Gasteiger partial charge is 0.232 e. The molecule has 20 heavy (non-hydrogen) atoms. The Morgan fingerprint density at radius 2 is 2.05 bits per heavy atom. The van der Waals surface area contributed by atoms with Crippen LogP contribution in [0.25, 0.3) is 0 Å². The number of halogens is 1. The van der Waals surface area contributed by atoms with E-state index >= 15 is 0 Å². The normalized spacial score (nSPS) is 13.3. The standard InChI is InChI=1S/C13H15ClN2O2S2/c1-2-6-11(10-7-4-3-5-8-10)16-20(17,18)12-9-15-13(14)19-12/h3-5,7-9,11,16H,2,6H2,1H3. The molecule has 1 N–H and O–H groups in total. The van der Waals surface area contributed by atoms with E-state index in [4.69, 9.17) is 11.6 Å². The summed E-state index contributed by atoms with van der Waals surface area (Å²) < 4.78 is 27.7. The van der Waals surface area contributed by atoms with E-state index in [9.17, 15) is 8.42 Å². The first-order valence-electron chi connectivity index (χ1n) is 6.21. The van der Waals surface area contributed by atoms with Gasteiger partial charge in [-0.2, -0.15) is 0 Å². The Bertz CT molecular complexity index is 656. The zero-order valence-electron chi connectivity index (χ0n) is 10.9. The van der Waals surface area contributed by atoms with Crippen molar-refractivity contribution in [3.63, 3.8) is 0 Å². The summed E-state index contributed by atoms with van der Waals surface area (Å²) in [5.41, 5.74) is 0.952. The molecule has 0 radical (unpaired) electrons. The molecule has 0 aliphatic heterocycles. The van der Waals surface area contributed by atoms with Crippen molar-refractivity contribution < 1.29 is 8.42 Å². The maximum absolute atomic E-state index is 12.3. The summed E-state index contributed by atoms with van der Waals surface area (Å²) in [6.45, 7) is 2.02. The van der Waals surface area contributed by atoms with Crippen LogP contribution in [0.15, 0.2) is 40.7 Å². The van der Waals surface area contributed by atoms with Crippen LogP contribution in [-0.2, 0) is 10.0 Å². The van der Waals surface area contributed by atoms with Crippen molar-refractivity contribution in [2.24, 2.45) is 0 Å². The first-order chi connectivity index (χ1) is 9.53. The molecule has 1 atom stereocenters. The van der Waals surface area contributed by atoms with Crippen LogP contribution in [0.2, 0.25) is 4.47 Å². The SMILES string of the molecule is CCCC(NS(=O)(=O)c1cnc(Cl)s1)c1ccccc1. The van der Waals surface area contributed by atoms with E-state index in [0.717, 1.165) is 29.7 Å². The summed E-state index contributed by atoms with van der Waals surface area (Å²) in [4.78, 5) is 3.77. The number of sulfonamides is 1. The van der Waals surface area contributed by atoms with Gasteiger partial charge in [0.25, 0.3) is 10.0 Å². The van der Waals surface area contributed by atoms with E-state index in [0.29, 0.717) is 0 Å². The minimum atomic E-state index is -3.59. The maximum atomic E-state index is 12.3. The molecule has 1 unspecified atom stereocenters. The third-order valence-corrected chi connectivity index (χ3v) is 5.85. The Balaban J connectivity index is 2.24. The van der Waals surface area contributed by atoms with Gasteiger partial charge in [-0.3, -0.25) is 0 Å². The fourth-order valence-corrected chi connectivity index (χ4v) is 4.44. The zero-order valence-corrected chi connectivity index (χ0v) is 13.3. The number of hydrogen-bond acceptors (Lipinski definition) is 4. The molecule has 0 saturated heterocycles. The first kappa shape index (κ1) is 15.4. The van der Waals surface area contributed by atoms with E-state index in [1.807, 2.05) is 37.3 Å². The Morgan fingerprint density at radius 1 is 1.35 bits per heavy atom. The van der Waals surface area contributed by atoms with Gasteiger partial charge in [-0.15, -0.1) is 0 Å². The van der Waals surface area contributed by atoms with E-state index in [1.54, 1.807) is 0 Å². The summed E-state index contributed by atoms with van der Waals surface area (Å²) in [5, 5.41) is 0. The number of aromatic nitrogens is 1. The Hall–Kier alpha value is -0.950. The molecule has 0 bridgehead atoms. The second kappa shape index (κ2) is 6.67. The highest BCUT2D eigenvalue weighted by molar-refractivity contribution is 7.91. The largest absolute Gasteiger partial charge is 0.252 e. The lowest BCUT2D eigenvalue weighted by Gasteiger charge is -2.17. The number of hydrogen-bond donors (Lipinski definition) is 1. The van der Waals surface area contributed by atoms with Gasteiger partial charge >= 0.3 is 0 Å². The first-order valence-corrected chi connectivity index (χ1v) is 8.89. The molecule has 7 heteroatoms.